The molecule has 1 fully saturated rings. The number of methoxy groups -OCH3 is 1. The van der Waals surface area contributed by atoms with E-state index in [1.807, 2.05) is 13.1 Å². The highest BCUT2D eigenvalue weighted by Crippen LogP contribution is 2.29. The van der Waals surface area contributed by atoms with Crippen molar-refractivity contribution < 1.29 is 4.74 Å². The first-order chi connectivity index (χ1) is 8.22. The Morgan fingerprint density at radius 3 is 3.00 bits per heavy atom. The summed E-state index contributed by atoms with van der Waals surface area (Å²) in [4.78, 5) is 6.87. The average molecular weight is 235 g/mol. The highest BCUT2D eigenvalue weighted by Gasteiger charge is 2.33. The summed E-state index contributed by atoms with van der Waals surface area (Å²) in [5.41, 5.74) is 8.45. The summed E-state index contributed by atoms with van der Waals surface area (Å²) in [5.74, 6) is 0. The molecule has 2 N–H and O–H groups in total. The average Bonchev–Trinajstić information content (AvgIpc) is 2.69. The molecular formula is C13H21N3O. The molecular weight excluding hydrogens is 214 g/mol. The van der Waals surface area contributed by atoms with E-state index in [0.29, 0.717) is 0 Å². The molecule has 1 aliphatic rings. The zero-order chi connectivity index (χ0) is 12.3. The van der Waals surface area contributed by atoms with Crippen molar-refractivity contribution in [3.8, 4) is 0 Å². The standard InChI is InChI=1S/C13H21N3O/c1-10-3-4-12(15-9-10)13-11(14)5-6-16(13)7-8-17-2/h3-4,9,11,13H,5-8,14H2,1-2H3. The maximum absolute atomic E-state index is 6.19. The minimum Gasteiger partial charge on any atom is -0.383 e. The molecule has 2 unspecified atom stereocenters. The Labute approximate surface area is 103 Å². The van der Waals surface area contributed by atoms with E-state index >= 15 is 0 Å². The van der Waals surface area contributed by atoms with Gasteiger partial charge in [0.1, 0.15) is 0 Å². The molecule has 1 aliphatic heterocycles. The molecule has 0 spiro atoms. The molecule has 0 aliphatic carbocycles. The first-order valence-electron chi connectivity index (χ1n) is 6.13. The summed E-state index contributed by atoms with van der Waals surface area (Å²) in [6.07, 6.45) is 2.94. The number of rotatable bonds is 4. The van der Waals surface area contributed by atoms with Crippen LogP contribution in [-0.2, 0) is 4.74 Å². The van der Waals surface area contributed by atoms with Crippen LogP contribution in [0.1, 0.15) is 23.7 Å². The van der Waals surface area contributed by atoms with Crippen molar-refractivity contribution in [1.29, 1.82) is 0 Å². The smallest absolute Gasteiger partial charge is 0.0674 e. The van der Waals surface area contributed by atoms with E-state index in [4.69, 9.17) is 10.5 Å². The number of nitrogens with zero attached hydrogens (tertiary/aromatic N) is 2. The van der Waals surface area contributed by atoms with Gasteiger partial charge in [-0.2, -0.15) is 0 Å². The third-order valence-electron chi connectivity index (χ3n) is 3.37. The van der Waals surface area contributed by atoms with E-state index in [-0.39, 0.29) is 12.1 Å². The van der Waals surface area contributed by atoms with E-state index in [0.717, 1.165) is 31.8 Å². The number of aromatic nitrogens is 1. The SMILES string of the molecule is COCCN1CCC(N)C1c1ccc(C)cn1. The second-order valence-corrected chi connectivity index (χ2v) is 4.69. The summed E-state index contributed by atoms with van der Waals surface area (Å²) >= 11 is 0. The fourth-order valence-corrected chi connectivity index (χ4v) is 2.40. The fourth-order valence-electron chi connectivity index (χ4n) is 2.40. The first-order valence-corrected chi connectivity index (χ1v) is 6.13. The van der Waals surface area contributed by atoms with Gasteiger partial charge in [0.2, 0.25) is 0 Å². The largest absolute Gasteiger partial charge is 0.383 e. The van der Waals surface area contributed by atoms with Crippen molar-refractivity contribution in [3.63, 3.8) is 0 Å². The second kappa shape index (κ2) is 5.58. The maximum Gasteiger partial charge on any atom is 0.0674 e. The third kappa shape index (κ3) is 2.83. The summed E-state index contributed by atoms with van der Waals surface area (Å²) in [5, 5.41) is 0. The zero-order valence-corrected chi connectivity index (χ0v) is 10.6. The van der Waals surface area contributed by atoms with Gasteiger partial charge in [-0.25, -0.2) is 0 Å². The quantitative estimate of drug-likeness (QED) is 0.849. The van der Waals surface area contributed by atoms with Crippen molar-refractivity contribution in [1.82, 2.24) is 9.88 Å². The van der Waals surface area contributed by atoms with Gasteiger partial charge in [-0.3, -0.25) is 9.88 Å². The van der Waals surface area contributed by atoms with Crippen molar-refractivity contribution >= 4 is 0 Å². The van der Waals surface area contributed by atoms with Crippen molar-refractivity contribution in [2.75, 3.05) is 26.8 Å². The lowest BCUT2D eigenvalue weighted by Gasteiger charge is -2.25. The van der Waals surface area contributed by atoms with Crippen molar-refractivity contribution in [2.24, 2.45) is 5.73 Å². The van der Waals surface area contributed by atoms with Crippen LogP contribution in [0.2, 0.25) is 0 Å². The van der Waals surface area contributed by atoms with Crippen LogP contribution in [0, 0.1) is 6.92 Å². The topological polar surface area (TPSA) is 51.4 Å². The van der Waals surface area contributed by atoms with Gasteiger partial charge in [0.25, 0.3) is 0 Å². The predicted octanol–water partition coefficient (Wildman–Crippen LogP) is 1.11. The van der Waals surface area contributed by atoms with Crippen LogP contribution in [0.25, 0.3) is 0 Å². The molecule has 1 aromatic heterocycles. The Morgan fingerprint density at radius 2 is 2.35 bits per heavy atom. The molecule has 17 heavy (non-hydrogen) atoms. The number of ether oxygens (including phenoxy) is 1. The van der Waals surface area contributed by atoms with Gasteiger partial charge in [0.05, 0.1) is 18.3 Å². The van der Waals surface area contributed by atoms with Crippen molar-refractivity contribution in [2.45, 2.75) is 25.4 Å². The number of aryl methyl sites for hydroxylation is 1. The Hall–Kier alpha value is -0.970. The van der Waals surface area contributed by atoms with Gasteiger partial charge in [-0.1, -0.05) is 6.07 Å². The zero-order valence-electron chi connectivity index (χ0n) is 10.6. The molecule has 1 aromatic rings. The van der Waals surface area contributed by atoms with E-state index in [1.54, 1.807) is 7.11 Å². The van der Waals surface area contributed by atoms with Crippen LogP contribution in [0.4, 0.5) is 0 Å². The monoisotopic (exact) mass is 235 g/mol. The highest BCUT2D eigenvalue weighted by molar-refractivity contribution is 5.18. The van der Waals surface area contributed by atoms with Crippen LogP contribution >= 0.6 is 0 Å². The Kier molecular flexibility index (Phi) is 4.10. The molecule has 0 aromatic carbocycles. The number of pyridine rings is 1. The van der Waals surface area contributed by atoms with Crippen LogP contribution < -0.4 is 5.73 Å². The van der Waals surface area contributed by atoms with Gasteiger partial charge in [-0.05, 0) is 25.0 Å². The van der Waals surface area contributed by atoms with E-state index < -0.39 is 0 Å². The Morgan fingerprint density at radius 1 is 1.53 bits per heavy atom. The van der Waals surface area contributed by atoms with Gasteiger partial charge in [0, 0.05) is 32.4 Å². The molecule has 0 amide bonds. The first kappa shape index (κ1) is 12.5. The number of hydrogen-bond donors (Lipinski definition) is 1. The summed E-state index contributed by atoms with van der Waals surface area (Å²) in [6, 6.07) is 4.61. The van der Waals surface area contributed by atoms with E-state index in [1.165, 1.54) is 5.56 Å². The van der Waals surface area contributed by atoms with Crippen LogP contribution in [0.15, 0.2) is 18.3 Å². The van der Waals surface area contributed by atoms with E-state index in [2.05, 4.69) is 22.0 Å². The number of hydrogen-bond acceptors (Lipinski definition) is 4. The molecule has 2 atom stereocenters. The molecule has 0 bridgehead atoms. The fraction of sp³-hybridized carbons (Fsp3) is 0.615. The van der Waals surface area contributed by atoms with Gasteiger partial charge < -0.3 is 10.5 Å². The van der Waals surface area contributed by atoms with Gasteiger partial charge in [0.15, 0.2) is 0 Å². The third-order valence-corrected chi connectivity index (χ3v) is 3.37. The number of nitrogens with two attached hydrogens (primary N) is 1. The molecule has 4 nitrogen and oxygen atoms in total. The molecule has 1 saturated heterocycles. The lowest BCUT2D eigenvalue weighted by Crippen LogP contribution is -2.34. The minimum atomic E-state index is 0.182. The molecule has 0 saturated carbocycles. The number of likely N-dealkylation sites (tertiary alicyclic amines) is 1. The lowest BCUT2D eigenvalue weighted by molar-refractivity contribution is 0.138. The maximum atomic E-state index is 6.19. The normalized spacial score (nSPS) is 25.4. The van der Waals surface area contributed by atoms with Crippen LogP contribution in [0.5, 0.6) is 0 Å². The summed E-state index contributed by atoms with van der Waals surface area (Å²) in [6.45, 7) is 4.75. The molecule has 2 heterocycles. The van der Waals surface area contributed by atoms with Crippen LogP contribution in [0.3, 0.4) is 0 Å². The molecule has 4 heteroatoms. The van der Waals surface area contributed by atoms with Gasteiger partial charge >= 0.3 is 0 Å². The second-order valence-electron chi connectivity index (χ2n) is 4.69. The Balaban J connectivity index is 2.12. The minimum absolute atomic E-state index is 0.182. The Bertz CT molecular complexity index is 352. The molecule has 0 radical (unpaired) electrons. The molecule has 2 rings (SSSR count). The lowest BCUT2D eigenvalue weighted by atomic mass is 10.1. The summed E-state index contributed by atoms with van der Waals surface area (Å²) < 4.78 is 5.14. The molecule has 94 valence electrons. The van der Waals surface area contributed by atoms with Gasteiger partial charge in [-0.15, -0.1) is 0 Å². The van der Waals surface area contributed by atoms with Crippen molar-refractivity contribution in [3.05, 3.63) is 29.6 Å². The van der Waals surface area contributed by atoms with E-state index in [9.17, 15) is 0 Å². The summed E-state index contributed by atoms with van der Waals surface area (Å²) in [7, 11) is 1.73. The van der Waals surface area contributed by atoms with Crippen LogP contribution in [-0.4, -0.2) is 42.7 Å². The predicted molar refractivity (Wildman–Crippen MR) is 67.8 cm³/mol. The highest BCUT2D eigenvalue weighted by atomic mass is 16.5.